The molecule has 124 valence electrons. The molecule has 0 radical (unpaired) electrons. The number of alkyl halides is 3. The molecule has 1 aliphatic heterocycles. The number of hydrogen-bond acceptors (Lipinski definition) is 3. The molecular weight excluding hydrogens is 305 g/mol. The number of likely N-dealkylation sites (tertiary alicyclic amines) is 1. The Bertz CT molecular complexity index is 480. The zero-order valence-electron chi connectivity index (χ0n) is 11.7. The number of carbonyl (C=O) groups excluding carboxylic acids is 2. The van der Waals surface area contributed by atoms with Crippen molar-refractivity contribution in [2.24, 2.45) is 11.8 Å². The van der Waals surface area contributed by atoms with Gasteiger partial charge in [0.05, 0.1) is 11.8 Å². The first kappa shape index (κ1) is 16.6. The Kier molecular flexibility index (Phi) is 4.62. The van der Waals surface area contributed by atoms with E-state index in [0.29, 0.717) is 24.2 Å². The minimum absolute atomic E-state index is 0.239. The van der Waals surface area contributed by atoms with Crippen LogP contribution in [-0.4, -0.2) is 53.1 Å². The molecule has 0 aromatic carbocycles. The van der Waals surface area contributed by atoms with Gasteiger partial charge in [-0.1, -0.05) is 0 Å². The number of carboxylic acid groups (broad SMARTS) is 1. The van der Waals surface area contributed by atoms with Gasteiger partial charge < -0.3 is 15.3 Å². The lowest BCUT2D eigenvalue weighted by Gasteiger charge is -2.19. The number of nitrogens with one attached hydrogen (secondary N) is 1. The van der Waals surface area contributed by atoms with Gasteiger partial charge in [0.2, 0.25) is 11.8 Å². The Hall–Kier alpha value is -1.80. The first-order chi connectivity index (χ1) is 10.2. The van der Waals surface area contributed by atoms with Crippen molar-refractivity contribution < 1.29 is 32.7 Å². The molecule has 0 spiro atoms. The Morgan fingerprint density at radius 3 is 2.50 bits per heavy atom. The second-order valence-corrected chi connectivity index (χ2v) is 5.84. The molecule has 0 bridgehead atoms. The molecule has 2 N–H and O–H groups in total. The molecule has 1 unspecified atom stereocenters. The molecule has 1 saturated heterocycles. The highest BCUT2D eigenvalue weighted by atomic mass is 19.4. The molecule has 9 heteroatoms. The van der Waals surface area contributed by atoms with E-state index in [1.54, 1.807) is 0 Å². The number of rotatable bonds is 4. The quantitative estimate of drug-likeness (QED) is 0.800. The van der Waals surface area contributed by atoms with E-state index in [-0.39, 0.29) is 19.0 Å². The fourth-order valence-electron chi connectivity index (χ4n) is 2.97. The van der Waals surface area contributed by atoms with E-state index in [2.05, 4.69) is 5.32 Å². The molecule has 2 aliphatic rings. The van der Waals surface area contributed by atoms with Gasteiger partial charge in [-0.25, -0.2) is 0 Å². The van der Waals surface area contributed by atoms with Crippen molar-refractivity contribution in [1.29, 1.82) is 0 Å². The van der Waals surface area contributed by atoms with Crippen molar-refractivity contribution in [2.45, 2.75) is 37.9 Å². The number of aliphatic carboxylic acids is 1. The molecule has 1 aliphatic carbocycles. The third-order valence-corrected chi connectivity index (χ3v) is 4.08. The third kappa shape index (κ3) is 4.11. The first-order valence-electron chi connectivity index (χ1n) is 7.03. The maximum atomic E-state index is 12.3. The Morgan fingerprint density at radius 1 is 1.27 bits per heavy atom. The Morgan fingerprint density at radius 2 is 1.95 bits per heavy atom. The van der Waals surface area contributed by atoms with Gasteiger partial charge in [0.1, 0.15) is 6.54 Å². The SMILES string of the molecule is O=C(N[C@@H]1CC[C@H](C(=O)O)C1)C1CC(=O)N(CC(F)(F)F)C1. The van der Waals surface area contributed by atoms with E-state index in [0.717, 1.165) is 0 Å². The molecule has 22 heavy (non-hydrogen) atoms. The lowest BCUT2D eigenvalue weighted by molar-refractivity contribution is -0.157. The fourth-order valence-corrected chi connectivity index (χ4v) is 2.97. The van der Waals surface area contributed by atoms with Gasteiger partial charge in [-0.15, -0.1) is 0 Å². The lowest BCUT2D eigenvalue weighted by atomic mass is 10.1. The van der Waals surface area contributed by atoms with Crippen LogP contribution in [0.5, 0.6) is 0 Å². The smallest absolute Gasteiger partial charge is 0.406 e. The molecule has 1 saturated carbocycles. The zero-order chi connectivity index (χ0) is 16.5. The van der Waals surface area contributed by atoms with Crippen LogP contribution in [0.4, 0.5) is 13.2 Å². The number of halogens is 3. The zero-order valence-corrected chi connectivity index (χ0v) is 11.7. The largest absolute Gasteiger partial charge is 0.481 e. The molecular formula is C13H17F3N2O4. The van der Waals surface area contributed by atoms with Crippen molar-refractivity contribution in [1.82, 2.24) is 10.2 Å². The van der Waals surface area contributed by atoms with Crippen molar-refractivity contribution >= 4 is 17.8 Å². The van der Waals surface area contributed by atoms with Crippen LogP contribution in [0.2, 0.25) is 0 Å². The minimum Gasteiger partial charge on any atom is -0.481 e. The summed E-state index contributed by atoms with van der Waals surface area (Å²) in [6.45, 7) is -1.60. The second kappa shape index (κ2) is 6.13. The Labute approximate surface area is 124 Å². The van der Waals surface area contributed by atoms with Gasteiger partial charge in [-0.2, -0.15) is 13.2 Å². The van der Waals surface area contributed by atoms with Crippen LogP contribution < -0.4 is 5.32 Å². The van der Waals surface area contributed by atoms with E-state index in [9.17, 15) is 27.6 Å². The molecule has 0 aromatic heterocycles. The lowest BCUT2D eigenvalue weighted by Crippen LogP contribution is -2.40. The van der Waals surface area contributed by atoms with Gasteiger partial charge >= 0.3 is 12.1 Å². The van der Waals surface area contributed by atoms with Crippen LogP contribution in [0.3, 0.4) is 0 Å². The molecule has 3 atom stereocenters. The van der Waals surface area contributed by atoms with Gasteiger partial charge in [0.25, 0.3) is 0 Å². The van der Waals surface area contributed by atoms with Gasteiger partial charge in [0.15, 0.2) is 0 Å². The first-order valence-corrected chi connectivity index (χ1v) is 7.03. The third-order valence-electron chi connectivity index (χ3n) is 4.08. The van der Waals surface area contributed by atoms with Crippen LogP contribution in [0.25, 0.3) is 0 Å². The normalized spacial score (nSPS) is 29.0. The highest BCUT2D eigenvalue weighted by Gasteiger charge is 2.41. The molecule has 2 fully saturated rings. The molecule has 0 aromatic rings. The highest BCUT2D eigenvalue weighted by Crippen LogP contribution is 2.27. The van der Waals surface area contributed by atoms with E-state index in [4.69, 9.17) is 5.11 Å². The summed E-state index contributed by atoms with van der Waals surface area (Å²) in [5.41, 5.74) is 0. The van der Waals surface area contributed by atoms with Crippen LogP contribution in [-0.2, 0) is 14.4 Å². The standard InChI is InChI=1S/C13H17F3N2O4/c14-13(15,16)6-18-5-8(4-10(18)19)11(20)17-9-2-1-7(3-9)12(21)22/h7-9H,1-6H2,(H,17,20)(H,21,22)/t7-,8?,9+/m0/s1. The van der Waals surface area contributed by atoms with Crippen molar-refractivity contribution in [3.05, 3.63) is 0 Å². The molecule has 6 nitrogen and oxygen atoms in total. The second-order valence-electron chi connectivity index (χ2n) is 5.84. The molecule has 1 heterocycles. The predicted molar refractivity (Wildman–Crippen MR) is 67.6 cm³/mol. The van der Waals surface area contributed by atoms with Crippen LogP contribution >= 0.6 is 0 Å². The molecule has 2 rings (SSSR count). The van der Waals surface area contributed by atoms with Crippen molar-refractivity contribution in [3.63, 3.8) is 0 Å². The van der Waals surface area contributed by atoms with Gasteiger partial charge in [-0.05, 0) is 19.3 Å². The van der Waals surface area contributed by atoms with Gasteiger partial charge in [0, 0.05) is 19.0 Å². The number of nitrogens with zero attached hydrogens (tertiary/aromatic N) is 1. The average molecular weight is 322 g/mol. The maximum absolute atomic E-state index is 12.3. The maximum Gasteiger partial charge on any atom is 0.406 e. The summed E-state index contributed by atoms with van der Waals surface area (Å²) >= 11 is 0. The summed E-state index contributed by atoms with van der Waals surface area (Å²) in [7, 11) is 0. The predicted octanol–water partition coefficient (Wildman–Crippen LogP) is 0.767. The van der Waals surface area contributed by atoms with Crippen molar-refractivity contribution in [2.75, 3.05) is 13.1 Å². The number of carbonyl (C=O) groups is 3. The monoisotopic (exact) mass is 322 g/mol. The van der Waals surface area contributed by atoms with E-state index < -0.39 is 42.3 Å². The van der Waals surface area contributed by atoms with Gasteiger partial charge in [-0.3, -0.25) is 14.4 Å². The van der Waals surface area contributed by atoms with Crippen molar-refractivity contribution in [3.8, 4) is 0 Å². The van der Waals surface area contributed by atoms with E-state index in [1.807, 2.05) is 0 Å². The number of hydrogen-bond donors (Lipinski definition) is 2. The highest BCUT2D eigenvalue weighted by molar-refractivity contribution is 5.89. The summed E-state index contributed by atoms with van der Waals surface area (Å²) in [4.78, 5) is 35.0. The van der Waals surface area contributed by atoms with Crippen LogP contribution in [0.15, 0.2) is 0 Å². The summed E-state index contributed by atoms with van der Waals surface area (Å²) < 4.78 is 36.9. The van der Waals surface area contributed by atoms with Crippen LogP contribution in [0.1, 0.15) is 25.7 Å². The summed E-state index contributed by atoms with van der Waals surface area (Å²) in [5.74, 6) is -3.39. The Balaban J connectivity index is 1.84. The minimum atomic E-state index is -4.48. The number of amides is 2. The number of carboxylic acids is 1. The average Bonchev–Trinajstić information content (AvgIpc) is 2.96. The van der Waals surface area contributed by atoms with E-state index >= 15 is 0 Å². The topological polar surface area (TPSA) is 86.7 Å². The summed E-state index contributed by atoms with van der Waals surface area (Å²) in [6.07, 6.45) is -3.42. The summed E-state index contributed by atoms with van der Waals surface area (Å²) in [5, 5.41) is 11.5. The van der Waals surface area contributed by atoms with Crippen LogP contribution in [0, 0.1) is 11.8 Å². The fraction of sp³-hybridized carbons (Fsp3) is 0.769. The molecule has 2 amide bonds. The van der Waals surface area contributed by atoms with E-state index in [1.165, 1.54) is 0 Å². The summed E-state index contributed by atoms with van der Waals surface area (Å²) in [6, 6.07) is -0.291.